The molecular formula is C10H9FN2OS. The molecule has 0 spiro atoms. The topological polar surface area (TPSA) is 46.0 Å². The van der Waals surface area contributed by atoms with Crippen LogP contribution in [-0.2, 0) is 6.42 Å². The molecule has 1 aromatic carbocycles. The number of rotatable bonds is 3. The SMILES string of the molecule is OC(Cc1ccc(F)cc1)c1csnn1. The zero-order valence-electron chi connectivity index (χ0n) is 7.80. The van der Waals surface area contributed by atoms with Crippen molar-refractivity contribution in [1.82, 2.24) is 9.59 Å². The van der Waals surface area contributed by atoms with Gasteiger partial charge in [-0.2, -0.15) is 0 Å². The predicted octanol–water partition coefficient (Wildman–Crippen LogP) is 1.95. The van der Waals surface area contributed by atoms with Crippen LogP contribution < -0.4 is 0 Å². The Hall–Kier alpha value is -1.33. The van der Waals surface area contributed by atoms with Crippen molar-refractivity contribution in [2.45, 2.75) is 12.5 Å². The van der Waals surface area contributed by atoms with Crippen LogP contribution in [0.3, 0.4) is 0 Å². The Morgan fingerprint density at radius 1 is 1.33 bits per heavy atom. The summed E-state index contributed by atoms with van der Waals surface area (Å²) in [6.45, 7) is 0. The van der Waals surface area contributed by atoms with Gasteiger partial charge in [0, 0.05) is 11.8 Å². The first-order valence-corrected chi connectivity index (χ1v) is 5.29. The van der Waals surface area contributed by atoms with Gasteiger partial charge in [-0.25, -0.2) is 4.39 Å². The lowest BCUT2D eigenvalue weighted by atomic mass is 10.1. The molecule has 1 aromatic heterocycles. The summed E-state index contributed by atoms with van der Waals surface area (Å²) in [4.78, 5) is 0. The normalized spacial score (nSPS) is 12.7. The molecule has 2 aromatic rings. The highest BCUT2D eigenvalue weighted by molar-refractivity contribution is 7.03. The number of nitrogens with zero attached hydrogens (tertiary/aromatic N) is 2. The average molecular weight is 224 g/mol. The van der Waals surface area contributed by atoms with E-state index in [9.17, 15) is 9.50 Å². The van der Waals surface area contributed by atoms with Crippen molar-refractivity contribution in [3.05, 3.63) is 46.7 Å². The summed E-state index contributed by atoms with van der Waals surface area (Å²) in [5.41, 5.74) is 1.43. The summed E-state index contributed by atoms with van der Waals surface area (Å²) in [6, 6.07) is 6.05. The molecule has 0 radical (unpaired) electrons. The zero-order valence-corrected chi connectivity index (χ0v) is 8.62. The average Bonchev–Trinajstić information content (AvgIpc) is 2.74. The van der Waals surface area contributed by atoms with Crippen molar-refractivity contribution in [2.24, 2.45) is 0 Å². The molecule has 78 valence electrons. The standard InChI is InChI=1S/C10H9FN2OS/c11-8-3-1-7(2-4-8)5-10(14)9-6-15-13-12-9/h1-4,6,10,14H,5H2. The summed E-state index contributed by atoms with van der Waals surface area (Å²) in [7, 11) is 0. The van der Waals surface area contributed by atoms with E-state index in [-0.39, 0.29) is 5.82 Å². The van der Waals surface area contributed by atoms with Gasteiger partial charge in [0.2, 0.25) is 0 Å². The van der Waals surface area contributed by atoms with E-state index in [1.807, 2.05) is 0 Å². The van der Waals surface area contributed by atoms with Crippen LogP contribution in [0.5, 0.6) is 0 Å². The molecule has 3 nitrogen and oxygen atoms in total. The molecule has 1 N–H and O–H groups in total. The zero-order chi connectivity index (χ0) is 10.7. The Labute approximate surface area is 90.4 Å². The van der Waals surface area contributed by atoms with Gasteiger partial charge in [-0.1, -0.05) is 16.6 Å². The van der Waals surface area contributed by atoms with Crippen LogP contribution in [0.2, 0.25) is 0 Å². The van der Waals surface area contributed by atoms with Gasteiger partial charge in [-0.05, 0) is 29.2 Å². The predicted molar refractivity (Wildman–Crippen MR) is 55.0 cm³/mol. The van der Waals surface area contributed by atoms with Crippen molar-refractivity contribution in [1.29, 1.82) is 0 Å². The number of aliphatic hydroxyl groups is 1. The van der Waals surface area contributed by atoms with E-state index in [0.717, 1.165) is 5.56 Å². The van der Waals surface area contributed by atoms with Gasteiger partial charge < -0.3 is 5.11 Å². The van der Waals surface area contributed by atoms with Crippen molar-refractivity contribution in [2.75, 3.05) is 0 Å². The fraction of sp³-hybridized carbons (Fsp3) is 0.200. The van der Waals surface area contributed by atoms with E-state index in [1.54, 1.807) is 17.5 Å². The molecule has 1 heterocycles. The third kappa shape index (κ3) is 2.57. The Kier molecular flexibility index (Phi) is 3.03. The molecule has 2 rings (SSSR count). The van der Waals surface area contributed by atoms with Crippen LogP contribution in [0, 0.1) is 5.82 Å². The van der Waals surface area contributed by atoms with Crippen LogP contribution in [0.1, 0.15) is 17.4 Å². The van der Waals surface area contributed by atoms with Crippen LogP contribution in [0.25, 0.3) is 0 Å². The second-order valence-corrected chi connectivity index (χ2v) is 3.79. The first kappa shape index (κ1) is 10.2. The third-order valence-corrected chi connectivity index (χ3v) is 2.58. The molecule has 0 bridgehead atoms. The Bertz CT molecular complexity index is 415. The Balaban J connectivity index is 2.06. The second kappa shape index (κ2) is 4.46. The van der Waals surface area contributed by atoms with Crippen molar-refractivity contribution >= 4 is 11.5 Å². The molecule has 0 aliphatic carbocycles. The molecule has 15 heavy (non-hydrogen) atoms. The number of benzene rings is 1. The third-order valence-electron chi connectivity index (χ3n) is 2.06. The lowest BCUT2D eigenvalue weighted by Gasteiger charge is -2.06. The van der Waals surface area contributed by atoms with Crippen LogP contribution in [-0.4, -0.2) is 14.7 Å². The van der Waals surface area contributed by atoms with Crippen molar-refractivity contribution < 1.29 is 9.50 Å². The van der Waals surface area contributed by atoms with Crippen LogP contribution in [0.15, 0.2) is 29.6 Å². The molecular weight excluding hydrogens is 215 g/mol. The van der Waals surface area contributed by atoms with E-state index < -0.39 is 6.10 Å². The first-order valence-electron chi connectivity index (χ1n) is 4.45. The summed E-state index contributed by atoms with van der Waals surface area (Å²) in [5.74, 6) is -0.274. The number of aliphatic hydroxyl groups excluding tert-OH is 1. The molecule has 1 atom stereocenters. The minimum atomic E-state index is -0.672. The molecule has 0 saturated heterocycles. The maximum atomic E-state index is 12.6. The fourth-order valence-corrected chi connectivity index (χ4v) is 1.77. The number of hydrogen-bond acceptors (Lipinski definition) is 4. The van der Waals surface area contributed by atoms with E-state index in [0.29, 0.717) is 12.1 Å². The highest BCUT2D eigenvalue weighted by Gasteiger charge is 2.11. The molecule has 0 fully saturated rings. The number of halogens is 1. The summed E-state index contributed by atoms with van der Waals surface area (Å²) in [6.07, 6.45) is -0.250. The second-order valence-electron chi connectivity index (χ2n) is 3.18. The van der Waals surface area contributed by atoms with E-state index >= 15 is 0 Å². The van der Waals surface area contributed by atoms with Crippen LogP contribution >= 0.6 is 11.5 Å². The number of aromatic nitrogens is 2. The maximum Gasteiger partial charge on any atom is 0.123 e. The minimum Gasteiger partial charge on any atom is -0.386 e. The Morgan fingerprint density at radius 2 is 2.07 bits per heavy atom. The summed E-state index contributed by atoms with van der Waals surface area (Å²) in [5, 5.41) is 15.2. The molecule has 0 aliphatic heterocycles. The van der Waals surface area contributed by atoms with Gasteiger partial charge in [0.15, 0.2) is 0 Å². The largest absolute Gasteiger partial charge is 0.386 e. The number of hydrogen-bond donors (Lipinski definition) is 1. The van der Waals surface area contributed by atoms with Gasteiger partial charge in [-0.3, -0.25) is 0 Å². The van der Waals surface area contributed by atoms with E-state index in [4.69, 9.17) is 0 Å². The Morgan fingerprint density at radius 3 is 2.67 bits per heavy atom. The fourth-order valence-electron chi connectivity index (χ4n) is 1.27. The maximum absolute atomic E-state index is 12.6. The van der Waals surface area contributed by atoms with Gasteiger partial charge in [0.05, 0.1) is 0 Å². The van der Waals surface area contributed by atoms with Crippen molar-refractivity contribution in [3.8, 4) is 0 Å². The molecule has 1 unspecified atom stereocenters. The smallest absolute Gasteiger partial charge is 0.123 e. The van der Waals surface area contributed by atoms with E-state index in [2.05, 4.69) is 9.59 Å². The molecule has 5 heteroatoms. The summed E-state index contributed by atoms with van der Waals surface area (Å²) < 4.78 is 16.3. The van der Waals surface area contributed by atoms with Crippen molar-refractivity contribution in [3.63, 3.8) is 0 Å². The molecule has 0 amide bonds. The summed E-state index contributed by atoms with van der Waals surface area (Å²) >= 11 is 1.20. The highest BCUT2D eigenvalue weighted by Crippen LogP contribution is 2.17. The quantitative estimate of drug-likeness (QED) is 0.866. The highest BCUT2D eigenvalue weighted by atomic mass is 32.1. The lowest BCUT2D eigenvalue weighted by molar-refractivity contribution is 0.173. The van der Waals surface area contributed by atoms with Crippen LogP contribution in [0.4, 0.5) is 4.39 Å². The van der Waals surface area contributed by atoms with Gasteiger partial charge in [0.1, 0.15) is 17.6 Å². The van der Waals surface area contributed by atoms with Gasteiger partial charge in [-0.15, -0.1) is 5.10 Å². The molecule has 0 aliphatic rings. The lowest BCUT2D eigenvalue weighted by Crippen LogP contribution is -2.02. The first-order chi connectivity index (χ1) is 7.25. The van der Waals surface area contributed by atoms with Gasteiger partial charge >= 0.3 is 0 Å². The van der Waals surface area contributed by atoms with Gasteiger partial charge in [0.25, 0.3) is 0 Å². The minimum absolute atomic E-state index is 0.274. The monoisotopic (exact) mass is 224 g/mol. The molecule has 0 saturated carbocycles. The van der Waals surface area contributed by atoms with E-state index in [1.165, 1.54) is 23.7 Å².